The fourth-order valence-corrected chi connectivity index (χ4v) is 1.95. The second-order valence-electron chi connectivity index (χ2n) is 4.40. The molecule has 0 aliphatic heterocycles. The topological polar surface area (TPSA) is 80.0 Å². The molecule has 2 aromatic heterocycles. The van der Waals surface area contributed by atoms with E-state index in [1.165, 1.54) is 12.3 Å². The summed E-state index contributed by atoms with van der Waals surface area (Å²) in [5.74, 6) is -0.273. The van der Waals surface area contributed by atoms with E-state index >= 15 is 0 Å². The Bertz CT molecular complexity index is 795. The number of aromatic nitrogens is 3. The number of nitrogens with one attached hydrogen (secondary N) is 1. The van der Waals surface area contributed by atoms with E-state index < -0.39 is 0 Å². The first-order chi connectivity index (χ1) is 9.63. The van der Waals surface area contributed by atoms with E-state index in [4.69, 9.17) is 0 Å². The monoisotopic (exact) mass is 268 g/mol. The molecule has 100 valence electrons. The summed E-state index contributed by atoms with van der Waals surface area (Å²) in [5.41, 5.74) is 1.20. The second-order valence-corrected chi connectivity index (χ2v) is 4.40. The summed E-state index contributed by atoms with van der Waals surface area (Å²) in [7, 11) is 1.83. The van der Waals surface area contributed by atoms with Crippen molar-refractivity contribution in [2.24, 2.45) is 7.05 Å². The molecule has 1 amide bonds. The van der Waals surface area contributed by atoms with Gasteiger partial charge in [0.1, 0.15) is 0 Å². The van der Waals surface area contributed by atoms with Crippen LogP contribution in [0.5, 0.6) is 5.75 Å². The molecule has 2 N–H and O–H groups in total. The van der Waals surface area contributed by atoms with Crippen LogP contribution in [0, 0.1) is 0 Å². The number of benzene rings is 1. The van der Waals surface area contributed by atoms with Gasteiger partial charge in [-0.15, -0.1) is 0 Å². The highest BCUT2D eigenvalue weighted by Crippen LogP contribution is 2.20. The van der Waals surface area contributed by atoms with Crippen molar-refractivity contribution in [1.29, 1.82) is 0 Å². The van der Waals surface area contributed by atoms with Crippen molar-refractivity contribution in [2.45, 2.75) is 0 Å². The first-order valence-corrected chi connectivity index (χ1v) is 6.02. The number of hydrogen-bond donors (Lipinski definition) is 2. The third kappa shape index (κ3) is 2.18. The van der Waals surface area contributed by atoms with E-state index in [0.717, 1.165) is 10.9 Å². The number of amides is 1. The Kier molecular flexibility index (Phi) is 2.83. The van der Waals surface area contributed by atoms with Gasteiger partial charge in [-0.2, -0.15) is 5.10 Å². The number of carbonyl (C=O) groups excluding carboxylic acids is 1. The van der Waals surface area contributed by atoms with Crippen LogP contribution in [0.2, 0.25) is 0 Å². The van der Waals surface area contributed by atoms with Crippen LogP contribution in [0.3, 0.4) is 0 Å². The molecule has 0 unspecified atom stereocenters. The van der Waals surface area contributed by atoms with Crippen LogP contribution in [-0.2, 0) is 7.05 Å². The summed E-state index contributed by atoms with van der Waals surface area (Å²) in [6.07, 6.45) is 3.37. The molecule has 1 aromatic carbocycles. The van der Waals surface area contributed by atoms with Crippen molar-refractivity contribution in [3.63, 3.8) is 0 Å². The van der Waals surface area contributed by atoms with Gasteiger partial charge in [0.2, 0.25) is 0 Å². The predicted octanol–water partition coefficient (Wildman–Crippen LogP) is 1.93. The first kappa shape index (κ1) is 12.2. The van der Waals surface area contributed by atoms with Crippen LogP contribution >= 0.6 is 0 Å². The average Bonchev–Trinajstić information content (AvgIpc) is 2.80. The number of aromatic hydroxyl groups is 1. The van der Waals surface area contributed by atoms with Crippen molar-refractivity contribution in [3.05, 3.63) is 48.3 Å². The van der Waals surface area contributed by atoms with Crippen LogP contribution in [0.25, 0.3) is 10.9 Å². The molecular formula is C14H12N4O2. The van der Waals surface area contributed by atoms with E-state index in [1.807, 2.05) is 19.3 Å². The van der Waals surface area contributed by atoms with Gasteiger partial charge in [-0.3, -0.25) is 9.48 Å². The van der Waals surface area contributed by atoms with Gasteiger partial charge in [0.25, 0.3) is 5.91 Å². The lowest BCUT2D eigenvalue weighted by Gasteiger charge is -2.05. The summed E-state index contributed by atoms with van der Waals surface area (Å²) in [4.78, 5) is 16.0. The van der Waals surface area contributed by atoms with Crippen molar-refractivity contribution in [1.82, 2.24) is 14.8 Å². The van der Waals surface area contributed by atoms with Crippen LogP contribution in [-0.4, -0.2) is 25.8 Å². The second kappa shape index (κ2) is 4.65. The highest BCUT2D eigenvalue weighted by Gasteiger charge is 2.11. The largest absolute Gasteiger partial charge is 0.504 e. The van der Waals surface area contributed by atoms with Gasteiger partial charge in [0.15, 0.2) is 11.6 Å². The molecule has 0 bridgehead atoms. The Labute approximate surface area is 114 Å². The molecule has 6 heteroatoms. The molecule has 2 heterocycles. The van der Waals surface area contributed by atoms with Gasteiger partial charge >= 0.3 is 0 Å². The zero-order valence-corrected chi connectivity index (χ0v) is 10.7. The quantitative estimate of drug-likeness (QED) is 0.744. The third-order valence-electron chi connectivity index (χ3n) is 2.90. The number of aryl methyl sites for hydroxylation is 1. The molecule has 3 rings (SSSR count). The fraction of sp³-hybridized carbons (Fsp3) is 0.0714. The molecule has 0 aliphatic carbocycles. The first-order valence-electron chi connectivity index (χ1n) is 6.02. The van der Waals surface area contributed by atoms with Gasteiger partial charge in [-0.1, -0.05) is 6.07 Å². The van der Waals surface area contributed by atoms with Crippen molar-refractivity contribution in [3.8, 4) is 5.75 Å². The molecule has 0 atom stereocenters. The summed E-state index contributed by atoms with van der Waals surface area (Å²) < 4.78 is 1.69. The van der Waals surface area contributed by atoms with Gasteiger partial charge in [-0.05, 0) is 24.3 Å². The zero-order valence-electron chi connectivity index (χ0n) is 10.7. The molecule has 0 radical (unpaired) electrons. The molecule has 0 saturated heterocycles. The van der Waals surface area contributed by atoms with Crippen molar-refractivity contribution < 1.29 is 9.90 Å². The number of nitrogens with zero attached hydrogens (tertiary/aromatic N) is 3. The van der Waals surface area contributed by atoms with Gasteiger partial charge in [0, 0.05) is 30.4 Å². The molecule has 6 nitrogen and oxygen atoms in total. The van der Waals surface area contributed by atoms with E-state index in [9.17, 15) is 9.90 Å². The smallest absolute Gasteiger partial charge is 0.256 e. The lowest BCUT2D eigenvalue weighted by molar-refractivity contribution is 0.102. The Morgan fingerprint density at radius 3 is 3.00 bits per heavy atom. The van der Waals surface area contributed by atoms with Crippen LogP contribution < -0.4 is 5.32 Å². The highest BCUT2D eigenvalue weighted by molar-refractivity contribution is 6.06. The zero-order chi connectivity index (χ0) is 14.1. The fourth-order valence-electron chi connectivity index (χ4n) is 1.95. The van der Waals surface area contributed by atoms with E-state index in [-0.39, 0.29) is 17.5 Å². The number of carbonyl (C=O) groups is 1. The third-order valence-corrected chi connectivity index (χ3v) is 2.90. The number of pyridine rings is 1. The predicted molar refractivity (Wildman–Crippen MR) is 74.6 cm³/mol. The van der Waals surface area contributed by atoms with Crippen molar-refractivity contribution >= 4 is 22.6 Å². The maximum absolute atomic E-state index is 12.1. The minimum Gasteiger partial charge on any atom is -0.504 e. The van der Waals surface area contributed by atoms with Crippen LogP contribution in [0.1, 0.15) is 10.4 Å². The van der Waals surface area contributed by atoms with E-state index in [2.05, 4.69) is 15.4 Å². The Morgan fingerprint density at radius 1 is 1.35 bits per heavy atom. The summed E-state index contributed by atoms with van der Waals surface area (Å²) >= 11 is 0. The molecular weight excluding hydrogens is 256 g/mol. The van der Waals surface area contributed by atoms with Gasteiger partial charge in [-0.25, -0.2) is 4.98 Å². The standard InChI is InChI=1S/C14H12N4O2/c1-18-8-10-5-4-9(7-11(10)17-18)14(20)16-13-12(19)3-2-6-15-13/h2-8,19H,1H3,(H,15,16,20). The molecule has 20 heavy (non-hydrogen) atoms. The maximum Gasteiger partial charge on any atom is 0.256 e. The molecule has 3 aromatic rings. The van der Waals surface area contributed by atoms with E-state index in [0.29, 0.717) is 5.56 Å². The Balaban J connectivity index is 1.90. The normalized spacial score (nSPS) is 10.7. The molecule has 0 spiro atoms. The van der Waals surface area contributed by atoms with Crippen LogP contribution in [0.4, 0.5) is 5.82 Å². The van der Waals surface area contributed by atoms with Crippen molar-refractivity contribution in [2.75, 3.05) is 5.32 Å². The molecule has 0 saturated carbocycles. The number of anilines is 1. The number of rotatable bonds is 2. The minimum atomic E-state index is -0.341. The summed E-state index contributed by atoms with van der Waals surface area (Å²) in [5, 5.41) is 17.4. The number of hydrogen-bond acceptors (Lipinski definition) is 4. The maximum atomic E-state index is 12.1. The van der Waals surface area contributed by atoms with E-state index in [1.54, 1.807) is 22.9 Å². The minimum absolute atomic E-state index is 0.0697. The van der Waals surface area contributed by atoms with Crippen LogP contribution in [0.15, 0.2) is 42.7 Å². The summed E-state index contributed by atoms with van der Waals surface area (Å²) in [6, 6.07) is 8.29. The highest BCUT2D eigenvalue weighted by atomic mass is 16.3. The average molecular weight is 268 g/mol. The van der Waals surface area contributed by atoms with Gasteiger partial charge in [0.05, 0.1) is 5.52 Å². The Morgan fingerprint density at radius 2 is 2.20 bits per heavy atom. The molecule has 0 aliphatic rings. The SMILES string of the molecule is Cn1cc2ccc(C(=O)Nc3ncccc3O)cc2n1. The molecule has 0 fully saturated rings. The lowest BCUT2D eigenvalue weighted by Crippen LogP contribution is -2.12. The lowest BCUT2D eigenvalue weighted by atomic mass is 10.1. The summed E-state index contributed by atoms with van der Waals surface area (Å²) in [6.45, 7) is 0. The van der Waals surface area contributed by atoms with Gasteiger partial charge < -0.3 is 10.4 Å². The number of fused-ring (bicyclic) bond motifs is 1. The Hall–Kier alpha value is -2.89.